The van der Waals surface area contributed by atoms with Crippen molar-refractivity contribution < 1.29 is 23.8 Å². The molecule has 3 rings (SSSR count). The van der Waals surface area contributed by atoms with Crippen LogP contribution in [-0.2, 0) is 28.9 Å². The highest BCUT2D eigenvalue weighted by Crippen LogP contribution is 2.40. The number of esters is 1. The number of fused-ring (bicyclic) bond motifs is 1. The maximum Gasteiger partial charge on any atom is 0.341 e. The number of thiophene rings is 1. The zero-order chi connectivity index (χ0) is 24.1. The van der Waals surface area contributed by atoms with E-state index in [9.17, 15) is 9.59 Å². The number of nitrogens with zero attached hydrogens (tertiary/aromatic N) is 1. The van der Waals surface area contributed by atoms with Gasteiger partial charge in [-0.05, 0) is 69.3 Å². The molecule has 1 aromatic carbocycles. The van der Waals surface area contributed by atoms with Crippen molar-refractivity contribution in [2.75, 3.05) is 33.2 Å². The normalized spacial score (nSPS) is 16.2. The van der Waals surface area contributed by atoms with Crippen molar-refractivity contribution in [3.05, 3.63) is 39.8 Å². The molecule has 0 radical (unpaired) electrons. The molecule has 2 aromatic rings. The minimum atomic E-state index is -0.411. The first-order chi connectivity index (χ1) is 15.8. The SMILES string of the molecule is CCOC(=O)c1c(NC(=O)C(C)N(C)Cc2ccc(OC)c(OC)c2)sc2c1CCC(C)C2. The number of nitrogens with one attached hydrogen (secondary N) is 1. The van der Waals surface area contributed by atoms with Crippen LogP contribution in [0.3, 0.4) is 0 Å². The van der Waals surface area contributed by atoms with Gasteiger partial charge < -0.3 is 19.5 Å². The summed E-state index contributed by atoms with van der Waals surface area (Å²) in [7, 11) is 5.10. The largest absolute Gasteiger partial charge is 0.493 e. The number of ether oxygens (including phenoxy) is 3. The van der Waals surface area contributed by atoms with Crippen molar-refractivity contribution in [1.82, 2.24) is 4.90 Å². The van der Waals surface area contributed by atoms with Crippen LogP contribution in [0.1, 0.15) is 53.6 Å². The molecule has 2 atom stereocenters. The van der Waals surface area contributed by atoms with Crippen LogP contribution >= 0.6 is 11.3 Å². The van der Waals surface area contributed by atoms with Crippen LogP contribution in [0.5, 0.6) is 11.5 Å². The number of benzene rings is 1. The number of carbonyl (C=O) groups excluding carboxylic acids is 2. The van der Waals surface area contributed by atoms with E-state index in [2.05, 4.69) is 12.2 Å². The maximum atomic E-state index is 13.1. The number of likely N-dealkylation sites (N-methyl/N-ethyl adjacent to an activating group) is 1. The van der Waals surface area contributed by atoms with E-state index in [1.165, 1.54) is 16.2 Å². The molecule has 1 aromatic heterocycles. The van der Waals surface area contributed by atoms with Crippen molar-refractivity contribution in [3.8, 4) is 11.5 Å². The molecule has 8 heteroatoms. The second kappa shape index (κ2) is 11.0. The van der Waals surface area contributed by atoms with Crippen LogP contribution < -0.4 is 14.8 Å². The Hall–Kier alpha value is -2.58. The molecule has 2 unspecified atom stereocenters. The Bertz CT molecular complexity index is 1000. The molecule has 1 aliphatic carbocycles. The van der Waals surface area contributed by atoms with E-state index in [-0.39, 0.29) is 11.9 Å². The van der Waals surface area contributed by atoms with E-state index in [1.807, 2.05) is 37.1 Å². The lowest BCUT2D eigenvalue weighted by Gasteiger charge is -2.24. The standard InChI is InChI=1S/C25H34N2O5S/c1-7-32-25(29)22-18-10-8-15(2)12-21(18)33-24(22)26-23(28)16(3)27(4)14-17-9-11-19(30-5)20(13-17)31-6/h9,11,13,15-16H,7-8,10,12,14H2,1-6H3,(H,26,28). The smallest absolute Gasteiger partial charge is 0.341 e. The summed E-state index contributed by atoms with van der Waals surface area (Å²) in [5, 5.41) is 3.62. The van der Waals surface area contributed by atoms with Crippen LogP contribution in [0.4, 0.5) is 5.00 Å². The number of carbonyl (C=O) groups is 2. The molecule has 0 bridgehead atoms. The monoisotopic (exact) mass is 474 g/mol. The molecule has 1 aliphatic rings. The Morgan fingerprint density at radius 3 is 2.64 bits per heavy atom. The topological polar surface area (TPSA) is 77.1 Å². The summed E-state index contributed by atoms with van der Waals surface area (Å²) in [6.07, 6.45) is 2.80. The molecule has 33 heavy (non-hydrogen) atoms. The highest BCUT2D eigenvalue weighted by atomic mass is 32.1. The van der Waals surface area contributed by atoms with E-state index in [0.29, 0.717) is 41.1 Å². The fourth-order valence-electron chi connectivity index (χ4n) is 4.08. The Kier molecular flexibility index (Phi) is 8.37. The molecule has 0 saturated carbocycles. The molecule has 1 heterocycles. The molecule has 7 nitrogen and oxygen atoms in total. The lowest BCUT2D eigenvalue weighted by atomic mass is 9.88. The summed E-state index contributed by atoms with van der Waals surface area (Å²) in [4.78, 5) is 29.0. The number of rotatable bonds is 9. The highest BCUT2D eigenvalue weighted by molar-refractivity contribution is 7.17. The minimum absolute atomic E-state index is 0.157. The minimum Gasteiger partial charge on any atom is -0.493 e. The highest BCUT2D eigenvalue weighted by Gasteiger charge is 2.30. The maximum absolute atomic E-state index is 13.1. The number of anilines is 1. The van der Waals surface area contributed by atoms with Crippen molar-refractivity contribution in [1.29, 1.82) is 0 Å². The molecule has 0 saturated heterocycles. The van der Waals surface area contributed by atoms with Gasteiger partial charge in [-0.15, -0.1) is 11.3 Å². The van der Waals surface area contributed by atoms with E-state index in [0.717, 1.165) is 30.4 Å². The quantitative estimate of drug-likeness (QED) is 0.538. The van der Waals surface area contributed by atoms with Gasteiger partial charge >= 0.3 is 5.97 Å². The van der Waals surface area contributed by atoms with Gasteiger partial charge in [0.1, 0.15) is 5.00 Å². The number of hydrogen-bond donors (Lipinski definition) is 1. The molecule has 0 spiro atoms. The third-order valence-electron chi connectivity index (χ3n) is 6.15. The number of amides is 1. The lowest BCUT2D eigenvalue weighted by Crippen LogP contribution is -2.39. The summed E-state index contributed by atoms with van der Waals surface area (Å²) in [5.41, 5.74) is 2.58. The van der Waals surface area contributed by atoms with Crippen LogP contribution in [0.15, 0.2) is 18.2 Å². The first kappa shape index (κ1) is 25.1. The van der Waals surface area contributed by atoms with E-state index >= 15 is 0 Å². The van der Waals surface area contributed by atoms with Gasteiger partial charge in [0.25, 0.3) is 0 Å². The predicted octanol–water partition coefficient (Wildman–Crippen LogP) is 4.53. The Morgan fingerprint density at radius 1 is 1.24 bits per heavy atom. The van der Waals surface area contributed by atoms with Crippen LogP contribution in [-0.4, -0.2) is 50.7 Å². The summed E-state index contributed by atoms with van der Waals surface area (Å²) >= 11 is 1.51. The third-order valence-corrected chi connectivity index (χ3v) is 7.32. The number of hydrogen-bond acceptors (Lipinski definition) is 7. The van der Waals surface area contributed by atoms with E-state index in [4.69, 9.17) is 14.2 Å². The van der Waals surface area contributed by atoms with Crippen LogP contribution in [0.25, 0.3) is 0 Å². The second-order valence-corrected chi connectivity index (χ2v) is 9.65. The molecule has 180 valence electrons. The average Bonchev–Trinajstić information content (AvgIpc) is 3.15. The van der Waals surface area contributed by atoms with E-state index < -0.39 is 6.04 Å². The van der Waals surface area contributed by atoms with Crippen molar-refractivity contribution >= 4 is 28.2 Å². The fourth-order valence-corrected chi connectivity index (χ4v) is 5.48. The summed E-state index contributed by atoms with van der Waals surface area (Å²) in [5.74, 6) is 1.37. The molecular formula is C25H34N2O5S. The van der Waals surface area contributed by atoms with Crippen molar-refractivity contribution in [3.63, 3.8) is 0 Å². The summed E-state index contributed by atoms with van der Waals surface area (Å²) in [6.45, 7) is 6.73. The fraction of sp³-hybridized carbons (Fsp3) is 0.520. The van der Waals surface area contributed by atoms with Gasteiger partial charge in [-0.1, -0.05) is 13.0 Å². The summed E-state index contributed by atoms with van der Waals surface area (Å²) in [6, 6.07) is 5.31. The Labute approximate surface area is 200 Å². The third kappa shape index (κ3) is 5.68. The van der Waals surface area contributed by atoms with Crippen LogP contribution in [0.2, 0.25) is 0 Å². The van der Waals surface area contributed by atoms with Crippen molar-refractivity contribution in [2.45, 2.75) is 52.6 Å². The van der Waals surface area contributed by atoms with Gasteiger partial charge in [-0.25, -0.2) is 4.79 Å². The van der Waals surface area contributed by atoms with Gasteiger partial charge in [0.05, 0.1) is 32.4 Å². The second-order valence-electron chi connectivity index (χ2n) is 8.55. The Morgan fingerprint density at radius 2 is 1.97 bits per heavy atom. The van der Waals surface area contributed by atoms with Gasteiger partial charge in [0.15, 0.2) is 11.5 Å². The van der Waals surface area contributed by atoms with Gasteiger partial charge in [0.2, 0.25) is 5.91 Å². The number of methoxy groups -OCH3 is 2. The average molecular weight is 475 g/mol. The first-order valence-electron chi connectivity index (χ1n) is 11.3. The van der Waals surface area contributed by atoms with Gasteiger partial charge in [0, 0.05) is 11.4 Å². The molecular weight excluding hydrogens is 440 g/mol. The zero-order valence-electron chi connectivity index (χ0n) is 20.3. The van der Waals surface area contributed by atoms with Gasteiger partial charge in [-0.2, -0.15) is 0 Å². The Balaban J connectivity index is 1.75. The first-order valence-corrected chi connectivity index (χ1v) is 12.1. The van der Waals surface area contributed by atoms with Crippen LogP contribution in [0, 0.1) is 5.92 Å². The predicted molar refractivity (Wildman–Crippen MR) is 131 cm³/mol. The van der Waals surface area contributed by atoms with Gasteiger partial charge in [-0.3, -0.25) is 9.69 Å². The zero-order valence-corrected chi connectivity index (χ0v) is 21.1. The van der Waals surface area contributed by atoms with Crippen molar-refractivity contribution in [2.24, 2.45) is 5.92 Å². The molecule has 0 fully saturated rings. The molecule has 1 N–H and O–H groups in total. The molecule has 1 amide bonds. The lowest BCUT2D eigenvalue weighted by molar-refractivity contribution is -0.120. The molecule has 0 aliphatic heterocycles. The summed E-state index contributed by atoms with van der Waals surface area (Å²) < 4.78 is 16.0. The van der Waals surface area contributed by atoms with E-state index in [1.54, 1.807) is 21.1 Å².